The van der Waals surface area contributed by atoms with Gasteiger partial charge < -0.3 is 5.73 Å². The normalized spacial score (nSPS) is 28.2. The number of halogens is 1. The van der Waals surface area contributed by atoms with Crippen LogP contribution < -0.4 is 5.73 Å². The van der Waals surface area contributed by atoms with E-state index in [9.17, 15) is 0 Å². The summed E-state index contributed by atoms with van der Waals surface area (Å²) in [5, 5.41) is 0.805. The lowest BCUT2D eigenvalue weighted by Gasteiger charge is -2.52. The molecule has 3 heteroatoms. The molecule has 0 atom stereocenters. The Kier molecular flexibility index (Phi) is 3.76. The molecular weight excluding hydrogens is 232 g/mol. The Balaban J connectivity index is 2.03. The largest absolute Gasteiger partial charge is 0.329 e. The van der Waals surface area contributed by atoms with Crippen LogP contribution in [-0.2, 0) is 6.54 Å². The zero-order valence-corrected chi connectivity index (χ0v) is 11.4. The molecule has 0 bridgehead atoms. The number of nitrogens with zero attached hydrogens (tertiary/aromatic N) is 1. The minimum Gasteiger partial charge on any atom is -0.329 e. The van der Waals surface area contributed by atoms with Gasteiger partial charge in [0, 0.05) is 23.7 Å². The molecule has 94 valence electrons. The summed E-state index contributed by atoms with van der Waals surface area (Å²) in [6, 6.07) is 8.07. The average molecular weight is 253 g/mol. The molecule has 0 amide bonds. The van der Waals surface area contributed by atoms with Crippen LogP contribution >= 0.6 is 11.6 Å². The lowest BCUT2D eigenvalue weighted by atomic mass is 9.68. The van der Waals surface area contributed by atoms with Crippen molar-refractivity contribution < 1.29 is 0 Å². The van der Waals surface area contributed by atoms with Gasteiger partial charge in [-0.3, -0.25) is 4.90 Å². The Morgan fingerprint density at radius 2 is 2.18 bits per heavy atom. The minimum absolute atomic E-state index is 0.210. The monoisotopic (exact) mass is 252 g/mol. The molecule has 2 N–H and O–H groups in total. The van der Waals surface area contributed by atoms with Crippen molar-refractivity contribution >= 4 is 11.6 Å². The Labute approximate surface area is 109 Å². The molecule has 17 heavy (non-hydrogen) atoms. The van der Waals surface area contributed by atoms with Gasteiger partial charge in [-0.1, -0.05) is 30.7 Å². The molecule has 1 aliphatic carbocycles. The molecule has 0 heterocycles. The summed E-state index contributed by atoms with van der Waals surface area (Å²) >= 11 is 6.00. The highest BCUT2D eigenvalue weighted by Crippen LogP contribution is 2.41. The molecule has 0 unspecified atom stereocenters. The minimum atomic E-state index is 0.210. The number of benzene rings is 1. The molecule has 0 aliphatic heterocycles. The topological polar surface area (TPSA) is 29.3 Å². The molecule has 1 saturated carbocycles. The van der Waals surface area contributed by atoms with E-state index in [-0.39, 0.29) is 5.54 Å². The Hall–Kier alpha value is -0.570. The van der Waals surface area contributed by atoms with Gasteiger partial charge in [-0.15, -0.1) is 0 Å². The Morgan fingerprint density at radius 3 is 2.71 bits per heavy atom. The maximum Gasteiger partial charge on any atom is 0.0409 e. The molecule has 1 aliphatic rings. The summed E-state index contributed by atoms with van der Waals surface area (Å²) in [6.07, 6.45) is 2.42. The van der Waals surface area contributed by atoms with E-state index in [0.29, 0.717) is 0 Å². The van der Waals surface area contributed by atoms with Gasteiger partial charge in [-0.25, -0.2) is 0 Å². The van der Waals surface area contributed by atoms with Gasteiger partial charge in [-0.2, -0.15) is 0 Å². The van der Waals surface area contributed by atoms with E-state index in [1.54, 1.807) is 0 Å². The van der Waals surface area contributed by atoms with E-state index in [0.717, 1.165) is 24.0 Å². The predicted molar refractivity (Wildman–Crippen MR) is 73.1 cm³/mol. The van der Waals surface area contributed by atoms with Crippen LogP contribution in [0, 0.1) is 5.92 Å². The maximum absolute atomic E-state index is 6.00. The van der Waals surface area contributed by atoms with Gasteiger partial charge in [-0.05, 0) is 43.5 Å². The summed E-state index contributed by atoms with van der Waals surface area (Å²) in [5.41, 5.74) is 7.41. The lowest BCUT2D eigenvalue weighted by molar-refractivity contribution is 0.000283. The van der Waals surface area contributed by atoms with Crippen LogP contribution in [-0.4, -0.2) is 24.0 Å². The summed E-state index contributed by atoms with van der Waals surface area (Å²) in [7, 11) is 2.17. The quantitative estimate of drug-likeness (QED) is 0.893. The van der Waals surface area contributed by atoms with Crippen molar-refractivity contribution in [2.24, 2.45) is 11.7 Å². The third-order valence-corrected chi connectivity index (χ3v) is 4.19. The van der Waals surface area contributed by atoms with E-state index in [4.69, 9.17) is 17.3 Å². The molecule has 1 aromatic rings. The summed E-state index contributed by atoms with van der Waals surface area (Å²) in [5.74, 6) is 0.806. The van der Waals surface area contributed by atoms with E-state index in [1.165, 1.54) is 18.4 Å². The smallest absolute Gasteiger partial charge is 0.0409 e. The first-order valence-electron chi connectivity index (χ1n) is 6.21. The first kappa shape index (κ1) is 12.9. The first-order valence-corrected chi connectivity index (χ1v) is 6.59. The van der Waals surface area contributed by atoms with Crippen LogP contribution in [0.5, 0.6) is 0 Å². The molecule has 0 aromatic heterocycles. The second-order valence-corrected chi connectivity index (χ2v) is 5.86. The van der Waals surface area contributed by atoms with Crippen molar-refractivity contribution in [1.82, 2.24) is 4.90 Å². The first-order chi connectivity index (χ1) is 8.05. The Bertz CT molecular complexity index is 386. The van der Waals surface area contributed by atoms with Crippen molar-refractivity contribution in [2.45, 2.75) is 31.8 Å². The van der Waals surface area contributed by atoms with Crippen molar-refractivity contribution in [3.05, 3.63) is 34.9 Å². The highest BCUT2D eigenvalue weighted by molar-refractivity contribution is 6.30. The maximum atomic E-state index is 6.00. The van der Waals surface area contributed by atoms with E-state index >= 15 is 0 Å². The molecule has 0 spiro atoms. The highest BCUT2D eigenvalue weighted by Gasteiger charge is 2.43. The van der Waals surface area contributed by atoms with E-state index < -0.39 is 0 Å². The summed E-state index contributed by atoms with van der Waals surface area (Å²) < 4.78 is 0. The number of likely N-dealkylation sites (N-methyl/N-ethyl adjacent to an activating group) is 1. The highest BCUT2D eigenvalue weighted by atomic mass is 35.5. The third-order valence-electron chi connectivity index (χ3n) is 3.96. The van der Waals surface area contributed by atoms with Crippen LogP contribution in [0.1, 0.15) is 25.3 Å². The lowest BCUT2D eigenvalue weighted by Crippen LogP contribution is -2.59. The Morgan fingerprint density at radius 1 is 1.47 bits per heavy atom. The fourth-order valence-electron chi connectivity index (χ4n) is 2.95. The molecule has 2 rings (SSSR count). The van der Waals surface area contributed by atoms with Crippen LogP contribution in [0.25, 0.3) is 0 Å². The number of hydrogen-bond acceptors (Lipinski definition) is 2. The second kappa shape index (κ2) is 4.97. The van der Waals surface area contributed by atoms with Gasteiger partial charge in [0.2, 0.25) is 0 Å². The van der Waals surface area contributed by atoms with E-state index in [1.807, 2.05) is 18.2 Å². The fourth-order valence-corrected chi connectivity index (χ4v) is 3.16. The van der Waals surface area contributed by atoms with Crippen LogP contribution in [0.2, 0.25) is 5.02 Å². The van der Waals surface area contributed by atoms with Gasteiger partial charge in [0.05, 0.1) is 0 Å². The molecule has 0 saturated heterocycles. The van der Waals surface area contributed by atoms with Crippen LogP contribution in [0.3, 0.4) is 0 Å². The van der Waals surface area contributed by atoms with Gasteiger partial charge in [0.1, 0.15) is 0 Å². The standard InChI is InChI=1S/C14H21ClN2/c1-11-7-14(8-11,10-16)17(2)9-12-4-3-5-13(15)6-12/h3-6,11H,7-10,16H2,1-2H3. The van der Waals surface area contributed by atoms with E-state index in [2.05, 4.69) is 24.9 Å². The summed E-state index contributed by atoms with van der Waals surface area (Å²) in [4.78, 5) is 2.39. The summed E-state index contributed by atoms with van der Waals surface area (Å²) in [6.45, 7) is 3.96. The molecule has 1 aromatic carbocycles. The average Bonchev–Trinajstić information content (AvgIpc) is 2.24. The molecular formula is C14H21ClN2. The number of rotatable bonds is 4. The number of hydrogen-bond donors (Lipinski definition) is 1. The van der Waals surface area contributed by atoms with Crippen molar-refractivity contribution in [2.75, 3.05) is 13.6 Å². The van der Waals surface area contributed by atoms with Crippen molar-refractivity contribution in [3.8, 4) is 0 Å². The zero-order chi connectivity index (χ0) is 12.5. The SMILES string of the molecule is CC1CC(CN)(N(C)Cc2cccc(Cl)c2)C1. The number of nitrogens with two attached hydrogens (primary N) is 1. The fraction of sp³-hybridized carbons (Fsp3) is 0.571. The van der Waals surface area contributed by atoms with Gasteiger partial charge in [0.15, 0.2) is 0 Å². The van der Waals surface area contributed by atoms with Crippen molar-refractivity contribution in [1.29, 1.82) is 0 Å². The molecule has 0 radical (unpaired) electrons. The third kappa shape index (κ3) is 2.65. The zero-order valence-electron chi connectivity index (χ0n) is 10.6. The predicted octanol–water partition coefficient (Wildman–Crippen LogP) is 2.90. The molecule has 1 fully saturated rings. The van der Waals surface area contributed by atoms with Gasteiger partial charge >= 0.3 is 0 Å². The van der Waals surface area contributed by atoms with Crippen LogP contribution in [0.15, 0.2) is 24.3 Å². The van der Waals surface area contributed by atoms with Gasteiger partial charge in [0.25, 0.3) is 0 Å². The molecule has 2 nitrogen and oxygen atoms in total. The van der Waals surface area contributed by atoms with Crippen LogP contribution in [0.4, 0.5) is 0 Å². The second-order valence-electron chi connectivity index (χ2n) is 5.43. The van der Waals surface area contributed by atoms with Crippen molar-refractivity contribution in [3.63, 3.8) is 0 Å².